The number of nitrogens with one attached hydrogen (secondary N) is 1. The Bertz CT molecular complexity index is 2340. The highest BCUT2D eigenvalue weighted by atomic mass is 16.7. The maximum Gasteiger partial charge on any atom is 0.341 e. The molecule has 2 bridgehead atoms. The van der Waals surface area contributed by atoms with E-state index in [2.05, 4.69) is 20.2 Å². The van der Waals surface area contributed by atoms with Gasteiger partial charge < -0.3 is 44.0 Å². The quantitative estimate of drug-likeness (QED) is 0.140. The molecule has 0 spiro atoms. The molecule has 5 fully saturated rings. The van der Waals surface area contributed by atoms with E-state index in [0.29, 0.717) is 30.5 Å². The molecule has 3 saturated heterocycles. The van der Waals surface area contributed by atoms with Crippen molar-refractivity contribution in [2.75, 3.05) is 26.2 Å². The Morgan fingerprint density at radius 3 is 2.22 bits per heavy atom. The highest BCUT2D eigenvalue weighted by Gasteiger charge is 2.77. The van der Waals surface area contributed by atoms with Gasteiger partial charge in [0.25, 0.3) is 5.91 Å². The molecule has 16 nitrogen and oxygen atoms in total. The van der Waals surface area contributed by atoms with Gasteiger partial charge in [-0.1, -0.05) is 57.2 Å². The summed E-state index contributed by atoms with van der Waals surface area (Å²) in [6, 6.07) is 16.8. The second-order valence-electron chi connectivity index (χ2n) is 19.5. The molecule has 3 aromatic rings. The molecule has 2 aromatic carbocycles. The van der Waals surface area contributed by atoms with Crippen LogP contribution in [-0.2, 0) is 38.0 Å². The minimum atomic E-state index is -2.48. The molecule has 2 saturated carbocycles. The van der Waals surface area contributed by atoms with Crippen LogP contribution < -0.4 is 5.32 Å². The zero-order chi connectivity index (χ0) is 46.1. The standard InChI is InChI=1S/C49H58N4O12/c1-28-32(61-44(57)47(6,58)38(41-50-21-13-22-51-41)52-42(55)30-15-9-7-10-16-30)25-49(59)40(64-43(56)31-17-11-8-12-18-31)37-46(5,20-19-33-48(37,27-60-33)65-29(2)54)39-36(35(28)45(49,3)4)62-34(63-39)26-53-23-14-24-53/h7-13,15-18,21-22,32-34,36-40,58-59H,14,19-20,23-27H2,1-6H3,(H,52,55)/t32-,33+,34+,36+,37-,38-,39+,40-,46+,47+,48-,49+/m0/s1. The summed E-state index contributed by atoms with van der Waals surface area (Å²) in [4.78, 5) is 67.0. The SMILES string of the molecule is CC(=O)O[C@@]12CO[C@@H]1CC[C@@]1(C)[C@@H]3O[C@H](CN4CCC4)O[C@@H]3C3=C(C)[C@@H](OC(=O)[C@](C)(O)[C@@H](NC(=O)c4ccccc4)c4ncccn4)C[C@@](O)([C@@H](OC(=O)c4ccccc4)[C@@H]12)C3(C)C. The molecule has 0 radical (unpaired) electrons. The molecule has 4 heterocycles. The minimum Gasteiger partial charge on any atom is -0.456 e. The van der Waals surface area contributed by atoms with Crippen LogP contribution in [0.5, 0.6) is 0 Å². The number of aromatic nitrogens is 2. The predicted molar refractivity (Wildman–Crippen MR) is 231 cm³/mol. The fourth-order valence-electron chi connectivity index (χ4n) is 11.6. The van der Waals surface area contributed by atoms with E-state index >= 15 is 0 Å². The van der Waals surface area contributed by atoms with Crippen LogP contribution in [0.25, 0.3) is 0 Å². The Kier molecular flexibility index (Phi) is 11.5. The average Bonchev–Trinajstić information content (AvgIpc) is 3.68. The number of rotatable bonds is 11. The van der Waals surface area contributed by atoms with Crippen molar-refractivity contribution in [3.05, 3.63) is 107 Å². The van der Waals surface area contributed by atoms with Crippen LogP contribution in [-0.4, -0.2) is 129 Å². The van der Waals surface area contributed by atoms with E-state index in [0.717, 1.165) is 19.5 Å². The van der Waals surface area contributed by atoms with Gasteiger partial charge in [-0.05, 0) is 87.7 Å². The number of hydrogen-bond donors (Lipinski definition) is 3. The Balaban J connectivity index is 1.18. The fraction of sp³-hybridized carbons (Fsp3) is 0.551. The van der Waals surface area contributed by atoms with Crippen molar-refractivity contribution in [1.29, 1.82) is 0 Å². The van der Waals surface area contributed by atoms with Crippen LogP contribution in [0.15, 0.2) is 90.3 Å². The molecule has 65 heavy (non-hydrogen) atoms. The molecule has 3 N–H and O–H groups in total. The molecule has 9 rings (SSSR count). The van der Waals surface area contributed by atoms with Gasteiger partial charge in [0.1, 0.15) is 36.1 Å². The summed E-state index contributed by atoms with van der Waals surface area (Å²) >= 11 is 0. The van der Waals surface area contributed by atoms with Gasteiger partial charge in [-0.2, -0.15) is 0 Å². The summed E-state index contributed by atoms with van der Waals surface area (Å²) in [6.07, 6.45) is -0.958. The summed E-state index contributed by atoms with van der Waals surface area (Å²) in [7, 11) is 0. The second-order valence-corrected chi connectivity index (χ2v) is 19.5. The average molecular weight is 895 g/mol. The molecule has 12 atom stereocenters. The number of carbonyl (C=O) groups excluding carboxylic acids is 4. The number of ether oxygens (including phenoxy) is 6. The van der Waals surface area contributed by atoms with Crippen molar-refractivity contribution < 1.29 is 57.8 Å². The summed E-state index contributed by atoms with van der Waals surface area (Å²) < 4.78 is 39.7. The molecule has 6 aliphatic rings. The number of hydrogen-bond acceptors (Lipinski definition) is 15. The maximum atomic E-state index is 14.8. The van der Waals surface area contributed by atoms with E-state index in [4.69, 9.17) is 28.4 Å². The molecule has 1 aromatic heterocycles. The monoisotopic (exact) mass is 894 g/mol. The number of fused-ring (bicyclic) bond motifs is 8. The third-order valence-corrected chi connectivity index (χ3v) is 15.3. The smallest absolute Gasteiger partial charge is 0.341 e. The van der Waals surface area contributed by atoms with Crippen molar-refractivity contribution in [3.63, 3.8) is 0 Å². The predicted octanol–water partition coefficient (Wildman–Crippen LogP) is 4.26. The van der Waals surface area contributed by atoms with Crippen molar-refractivity contribution in [3.8, 4) is 0 Å². The van der Waals surface area contributed by atoms with E-state index in [1.807, 2.05) is 27.7 Å². The first-order valence-electron chi connectivity index (χ1n) is 22.5. The van der Waals surface area contributed by atoms with Crippen LogP contribution in [0.2, 0.25) is 0 Å². The van der Waals surface area contributed by atoms with E-state index in [1.54, 1.807) is 66.7 Å². The van der Waals surface area contributed by atoms with Gasteiger partial charge >= 0.3 is 17.9 Å². The molecule has 3 aliphatic carbocycles. The molecule has 0 unspecified atom stereocenters. The highest BCUT2D eigenvalue weighted by molar-refractivity contribution is 5.95. The number of likely N-dealkylation sites (tertiary alicyclic amines) is 1. The lowest BCUT2D eigenvalue weighted by molar-refractivity contribution is -0.345. The Hall–Kier alpha value is -5.10. The molecular weight excluding hydrogens is 837 g/mol. The van der Waals surface area contributed by atoms with E-state index in [9.17, 15) is 29.4 Å². The molecule has 346 valence electrons. The van der Waals surface area contributed by atoms with Crippen LogP contribution in [0.1, 0.15) is 99.8 Å². The van der Waals surface area contributed by atoms with E-state index in [1.165, 1.54) is 26.2 Å². The topological polar surface area (TPSA) is 205 Å². The second kappa shape index (κ2) is 16.7. The van der Waals surface area contributed by atoms with Crippen LogP contribution in [0.3, 0.4) is 0 Å². The molecule has 1 amide bonds. The zero-order valence-electron chi connectivity index (χ0n) is 37.6. The van der Waals surface area contributed by atoms with Crippen LogP contribution >= 0.6 is 0 Å². The number of benzene rings is 2. The lowest BCUT2D eigenvalue weighted by atomic mass is 9.45. The fourth-order valence-corrected chi connectivity index (χ4v) is 11.6. The van der Waals surface area contributed by atoms with Crippen LogP contribution in [0.4, 0.5) is 0 Å². The number of aliphatic hydroxyl groups is 2. The van der Waals surface area contributed by atoms with Gasteiger partial charge in [0.05, 0.1) is 24.2 Å². The summed E-state index contributed by atoms with van der Waals surface area (Å²) in [5.41, 5.74) is -6.52. The highest BCUT2D eigenvalue weighted by Crippen LogP contribution is 2.66. The van der Waals surface area contributed by atoms with Gasteiger partial charge in [0.2, 0.25) is 0 Å². The first kappa shape index (κ1) is 45.1. The Morgan fingerprint density at radius 2 is 1.62 bits per heavy atom. The number of carbonyl (C=O) groups is 4. The van der Waals surface area contributed by atoms with Crippen LogP contribution in [0, 0.1) is 16.7 Å². The summed E-state index contributed by atoms with van der Waals surface area (Å²) in [5, 5.41) is 29.1. The maximum absolute atomic E-state index is 14.8. The molecular formula is C49H58N4O12. The molecule has 3 aliphatic heterocycles. The lowest BCUT2D eigenvalue weighted by Gasteiger charge is -2.68. The number of nitrogens with zero attached hydrogens (tertiary/aromatic N) is 3. The number of esters is 3. The Morgan fingerprint density at radius 1 is 0.954 bits per heavy atom. The van der Waals surface area contributed by atoms with Gasteiger partial charge in [-0.3, -0.25) is 14.5 Å². The van der Waals surface area contributed by atoms with Gasteiger partial charge in [0, 0.05) is 48.7 Å². The van der Waals surface area contributed by atoms with Gasteiger partial charge in [0.15, 0.2) is 23.3 Å². The van der Waals surface area contributed by atoms with Crippen molar-refractivity contribution in [1.82, 2.24) is 20.2 Å². The third-order valence-electron chi connectivity index (χ3n) is 15.3. The van der Waals surface area contributed by atoms with E-state index < -0.39 is 100 Å². The van der Waals surface area contributed by atoms with Crippen molar-refractivity contribution in [2.45, 2.75) is 127 Å². The van der Waals surface area contributed by atoms with E-state index in [-0.39, 0.29) is 30.0 Å². The first-order valence-corrected chi connectivity index (χ1v) is 22.5. The van der Waals surface area contributed by atoms with Gasteiger partial charge in [-0.25, -0.2) is 19.6 Å². The third kappa shape index (κ3) is 7.46. The number of amides is 1. The summed E-state index contributed by atoms with van der Waals surface area (Å²) in [5.74, 6) is -4.01. The lowest BCUT2D eigenvalue weighted by Crippen LogP contribution is -2.79. The van der Waals surface area contributed by atoms with Crippen molar-refractivity contribution in [2.24, 2.45) is 16.7 Å². The van der Waals surface area contributed by atoms with Gasteiger partial charge in [-0.15, -0.1) is 0 Å². The zero-order valence-corrected chi connectivity index (χ0v) is 37.6. The first-order chi connectivity index (χ1) is 30.9. The van der Waals surface area contributed by atoms with Crippen molar-refractivity contribution >= 4 is 23.8 Å². The Labute approximate surface area is 378 Å². The molecule has 16 heteroatoms. The minimum absolute atomic E-state index is 0.0243. The summed E-state index contributed by atoms with van der Waals surface area (Å²) in [6.45, 7) is 12.3. The normalized spacial score (nSPS) is 34.9. The largest absolute Gasteiger partial charge is 0.456 e.